The zero-order valence-corrected chi connectivity index (χ0v) is 11.8. The zero-order chi connectivity index (χ0) is 13.6. The van der Waals surface area contributed by atoms with Crippen molar-refractivity contribution in [2.75, 3.05) is 26.4 Å². The minimum absolute atomic E-state index is 0.0361. The molecule has 0 radical (unpaired) electrons. The van der Waals surface area contributed by atoms with Gasteiger partial charge in [-0.1, -0.05) is 0 Å². The molecule has 0 amide bonds. The Labute approximate surface area is 113 Å². The summed E-state index contributed by atoms with van der Waals surface area (Å²) in [4.78, 5) is -0.0361. The fourth-order valence-electron chi connectivity index (χ4n) is 1.19. The summed E-state index contributed by atoms with van der Waals surface area (Å²) >= 11 is 2.99. The molecular weight excluding hydrogens is 329 g/mol. The molecule has 0 unspecified atom stereocenters. The standard InChI is InChI=1S/C10H13BrFNO4S/c11-9-7-8(12)1-2-10(9)18(15,16)13-3-5-17-6-4-14/h1-2,7,13-14H,3-6H2. The van der Waals surface area contributed by atoms with E-state index in [1.54, 1.807) is 0 Å². The maximum atomic E-state index is 12.8. The summed E-state index contributed by atoms with van der Waals surface area (Å²) in [6.07, 6.45) is 0. The predicted octanol–water partition coefficient (Wildman–Crippen LogP) is 0.875. The molecule has 0 atom stereocenters. The molecule has 0 aromatic heterocycles. The molecule has 0 heterocycles. The molecule has 102 valence electrons. The lowest BCUT2D eigenvalue weighted by molar-refractivity contribution is 0.0961. The van der Waals surface area contributed by atoms with Crippen LogP contribution in [0.1, 0.15) is 0 Å². The SMILES string of the molecule is O=S(=O)(NCCOCCO)c1ccc(F)cc1Br. The van der Waals surface area contributed by atoms with E-state index in [9.17, 15) is 12.8 Å². The van der Waals surface area contributed by atoms with Crippen molar-refractivity contribution in [1.82, 2.24) is 4.72 Å². The molecule has 18 heavy (non-hydrogen) atoms. The van der Waals surface area contributed by atoms with E-state index in [4.69, 9.17) is 9.84 Å². The van der Waals surface area contributed by atoms with Crippen LogP contribution in [0.3, 0.4) is 0 Å². The average Bonchev–Trinajstić information content (AvgIpc) is 2.28. The smallest absolute Gasteiger partial charge is 0.241 e. The molecule has 0 aliphatic heterocycles. The highest BCUT2D eigenvalue weighted by molar-refractivity contribution is 9.10. The van der Waals surface area contributed by atoms with Crippen molar-refractivity contribution in [3.63, 3.8) is 0 Å². The second kappa shape index (κ2) is 7.15. The van der Waals surface area contributed by atoms with Crippen molar-refractivity contribution in [3.8, 4) is 0 Å². The van der Waals surface area contributed by atoms with Gasteiger partial charge in [0.15, 0.2) is 0 Å². The Kier molecular flexibility index (Phi) is 6.16. The molecule has 0 spiro atoms. The molecule has 8 heteroatoms. The first-order valence-electron chi connectivity index (χ1n) is 5.10. The third-order valence-electron chi connectivity index (χ3n) is 1.96. The Balaban J connectivity index is 2.63. The molecule has 0 aliphatic carbocycles. The molecule has 0 aliphatic rings. The van der Waals surface area contributed by atoms with Gasteiger partial charge >= 0.3 is 0 Å². The van der Waals surface area contributed by atoms with E-state index in [-0.39, 0.29) is 35.7 Å². The van der Waals surface area contributed by atoms with Crippen LogP contribution in [0.25, 0.3) is 0 Å². The van der Waals surface area contributed by atoms with Gasteiger partial charge in [-0.3, -0.25) is 0 Å². The van der Waals surface area contributed by atoms with E-state index in [0.29, 0.717) is 0 Å². The van der Waals surface area contributed by atoms with Gasteiger partial charge in [0.25, 0.3) is 0 Å². The van der Waals surface area contributed by atoms with Gasteiger partial charge in [0.05, 0.1) is 24.7 Å². The molecule has 2 N–H and O–H groups in total. The Morgan fingerprint density at radius 2 is 2.11 bits per heavy atom. The van der Waals surface area contributed by atoms with Crippen LogP contribution in [-0.2, 0) is 14.8 Å². The van der Waals surface area contributed by atoms with Crippen LogP contribution in [0.15, 0.2) is 27.6 Å². The van der Waals surface area contributed by atoms with Crippen molar-refractivity contribution >= 4 is 26.0 Å². The fourth-order valence-corrected chi connectivity index (χ4v) is 3.25. The number of halogens is 2. The van der Waals surface area contributed by atoms with Gasteiger partial charge in [-0.15, -0.1) is 0 Å². The van der Waals surface area contributed by atoms with E-state index in [0.717, 1.165) is 12.1 Å². The van der Waals surface area contributed by atoms with Crippen molar-refractivity contribution in [3.05, 3.63) is 28.5 Å². The minimum Gasteiger partial charge on any atom is -0.394 e. The molecule has 1 aromatic carbocycles. The second-order valence-corrected chi connectivity index (χ2v) is 5.90. The Bertz CT molecular complexity index is 495. The number of nitrogens with one attached hydrogen (secondary N) is 1. The molecule has 0 bridgehead atoms. The Hall–Kier alpha value is -0.540. The monoisotopic (exact) mass is 341 g/mol. The lowest BCUT2D eigenvalue weighted by Gasteiger charge is -2.08. The average molecular weight is 342 g/mol. The largest absolute Gasteiger partial charge is 0.394 e. The second-order valence-electron chi connectivity index (χ2n) is 3.31. The normalized spacial score (nSPS) is 11.7. The number of aliphatic hydroxyl groups excluding tert-OH is 1. The van der Waals surface area contributed by atoms with Gasteiger partial charge < -0.3 is 9.84 Å². The van der Waals surface area contributed by atoms with Crippen LogP contribution in [0, 0.1) is 5.82 Å². The predicted molar refractivity (Wildman–Crippen MR) is 67.2 cm³/mol. The lowest BCUT2D eigenvalue weighted by Crippen LogP contribution is -2.28. The summed E-state index contributed by atoms with van der Waals surface area (Å²) in [5.74, 6) is -0.521. The molecule has 0 saturated heterocycles. The van der Waals surface area contributed by atoms with Crippen molar-refractivity contribution in [1.29, 1.82) is 0 Å². The van der Waals surface area contributed by atoms with Gasteiger partial charge in [-0.2, -0.15) is 0 Å². The minimum atomic E-state index is -3.70. The molecule has 1 aromatic rings. The summed E-state index contributed by atoms with van der Waals surface area (Å²) in [6.45, 7) is 0.267. The van der Waals surface area contributed by atoms with Gasteiger partial charge in [0.2, 0.25) is 10.0 Å². The first-order valence-corrected chi connectivity index (χ1v) is 7.38. The van der Waals surface area contributed by atoms with Gasteiger partial charge in [0, 0.05) is 11.0 Å². The maximum absolute atomic E-state index is 12.8. The third kappa shape index (κ3) is 4.62. The molecule has 5 nitrogen and oxygen atoms in total. The number of aliphatic hydroxyl groups is 1. The molecule has 1 rings (SSSR count). The topological polar surface area (TPSA) is 75.6 Å². The number of sulfonamides is 1. The third-order valence-corrected chi connectivity index (χ3v) is 4.40. The van der Waals surface area contributed by atoms with Crippen LogP contribution in [0.4, 0.5) is 4.39 Å². The van der Waals surface area contributed by atoms with Gasteiger partial charge in [0.1, 0.15) is 5.82 Å². The molecule has 0 saturated carbocycles. The maximum Gasteiger partial charge on any atom is 0.241 e. The first kappa shape index (κ1) is 15.5. The first-order chi connectivity index (χ1) is 8.47. The van der Waals surface area contributed by atoms with Crippen LogP contribution in [-0.4, -0.2) is 39.9 Å². The number of hydrogen-bond acceptors (Lipinski definition) is 4. The van der Waals surface area contributed by atoms with Crippen LogP contribution in [0.5, 0.6) is 0 Å². The van der Waals surface area contributed by atoms with E-state index >= 15 is 0 Å². The number of rotatable bonds is 7. The zero-order valence-electron chi connectivity index (χ0n) is 9.40. The van der Waals surface area contributed by atoms with E-state index in [1.165, 1.54) is 6.07 Å². The van der Waals surface area contributed by atoms with E-state index in [1.807, 2.05) is 0 Å². The van der Waals surface area contributed by atoms with E-state index in [2.05, 4.69) is 20.7 Å². The van der Waals surface area contributed by atoms with Gasteiger partial charge in [-0.05, 0) is 34.1 Å². The van der Waals surface area contributed by atoms with Crippen LogP contribution < -0.4 is 4.72 Å². The van der Waals surface area contributed by atoms with Crippen molar-refractivity contribution in [2.45, 2.75) is 4.90 Å². The van der Waals surface area contributed by atoms with Crippen molar-refractivity contribution < 1.29 is 22.7 Å². The number of ether oxygens (including phenoxy) is 1. The lowest BCUT2D eigenvalue weighted by atomic mass is 10.3. The summed E-state index contributed by atoms with van der Waals surface area (Å²) in [7, 11) is -3.70. The van der Waals surface area contributed by atoms with Crippen LogP contribution >= 0.6 is 15.9 Å². The van der Waals surface area contributed by atoms with Crippen molar-refractivity contribution in [2.24, 2.45) is 0 Å². The summed E-state index contributed by atoms with van der Waals surface area (Å²) in [5.41, 5.74) is 0. The summed E-state index contributed by atoms with van der Waals surface area (Å²) < 4.78 is 43.9. The quantitative estimate of drug-likeness (QED) is 0.722. The van der Waals surface area contributed by atoms with Gasteiger partial charge in [-0.25, -0.2) is 17.5 Å². The highest BCUT2D eigenvalue weighted by Gasteiger charge is 2.17. The van der Waals surface area contributed by atoms with Crippen LogP contribution in [0.2, 0.25) is 0 Å². The number of hydrogen-bond donors (Lipinski definition) is 2. The Morgan fingerprint density at radius 3 is 2.72 bits per heavy atom. The summed E-state index contributed by atoms with van der Waals surface area (Å²) in [6, 6.07) is 3.33. The Morgan fingerprint density at radius 1 is 1.39 bits per heavy atom. The fraction of sp³-hybridized carbons (Fsp3) is 0.400. The summed E-state index contributed by atoms with van der Waals surface area (Å²) in [5, 5.41) is 8.46. The molecular formula is C10H13BrFNO4S. The number of benzene rings is 1. The molecule has 0 fully saturated rings. The highest BCUT2D eigenvalue weighted by Crippen LogP contribution is 2.22. The van der Waals surface area contributed by atoms with E-state index < -0.39 is 15.8 Å². The highest BCUT2D eigenvalue weighted by atomic mass is 79.9.